The Bertz CT molecular complexity index is 962. The summed E-state index contributed by atoms with van der Waals surface area (Å²) in [5, 5.41) is 0. The Hall–Kier alpha value is -1.77. The molecule has 2 fully saturated rings. The molecule has 0 radical (unpaired) electrons. The van der Waals surface area contributed by atoms with Crippen molar-refractivity contribution in [2.45, 2.75) is 43.2 Å². The first-order valence-electron chi connectivity index (χ1n) is 9.90. The van der Waals surface area contributed by atoms with Gasteiger partial charge in [0.05, 0.1) is 10.8 Å². The quantitative estimate of drug-likeness (QED) is 0.638. The zero-order valence-corrected chi connectivity index (χ0v) is 18.5. The molecule has 1 saturated heterocycles. The molecule has 0 spiro atoms. The predicted molar refractivity (Wildman–Crippen MR) is 113 cm³/mol. The average Bonchev–Trinajstić information content (AvgIpc) is 3.58. The zero-order valence-electron chi connectivity index (χ0n) is 16.1. The first-order valence-corrected chi connectivity index (χ1v) is 12.1. The second-order valence-electron chi connectivity index (χ2n) is 7.71. The van der Waals surface area contributed by atoms with Crippen molar-refractivity contribution < 1.29 is 13.2 Å². The summed E-state index contributed by atoms with van der Waals surface area (Å²) < 4.78 is 28.4. The van der Waals surface area contributed by atoms with Crippen molar-refractivity contribution in [3.8, 4) is 0 Å². The minimum Gasteiger partial charge on any atom is -0.335 e. The van der Waals surface area contributed by atoms with E-state index in [9.17, 15) is 13.2 Å². The van der Waals surface area contributed by atoms with Crippen LogP contribution in [0.5, 0.6) is 0 Å². The van der Waals surface area contributed by atoms with E-state index in [-0.39, 0.29) is 29.3 Å². The molecule has 1 aromatic carbocycles. The number of sulfonamides is 1. The number of halogens is 1. The smallest absolute Gasteiger partial charge is 0.243 e. The van der Waals surface area contributed by atoms with Gasteiger partial charge in [-0.05, 0) is 61.6 Å². The van der Waals surface area contributed by atoms with Gasteiger partial charge >= 0.3 is 0 Å². The third kappa shape index (κ3) is 4.70. The molecule has 2 aliphatic rings. The molecule has 4 rings (SSSR count). The maximum Gasteiger partial charge on any atom is 0.243 e. The maximum atomic E-state index is 13.3. The highest BCUT2D eigenvalue weighted by Gasteiger charge is 2.39. The molecule has 1 aliphatic carbocycles. The van der Waals surface area contributed by atoms with Gasteiger partial charge in [0.25, 0.3) is 0 Å². The number of aromatic nitrogens is 1. The minimum atomic E-state index is -3.60. The third-order valence-corrected chi connectivity index (χ3v) is 7.94. The lowest BCUT2D eigenvalue weighted by Crippen LogP contribution is -2.47. The Balaban J connectivity index is 1.49. The summed E-state index contributed by atoms with van der Waals surface area (Å²) in [4.78, 5) is 19.7. The molecule has 154 valence electrons. The van der Waals surface area contributed by atoms with Crippen molar-refractivity contribution in [1.82, 2.24) is 14.2 Å². The molecule has 0 bridgehead atoms. The van der Waals surface area contributed by atoms with E-state index in [1.54, 1.807) is 36.7 Å². The zero-order chi connectivity index (χ0) is 20.4. The molecule has 29 heavy (non-hydrogen) atoms. The molecule has 1 aliphatic heterocycles. The second-order valence-corrected chi connectivity index (χ2v) is 10.6. The van der Waals surface area contributed by atoms with Gasteiger partial charge in [0.15, 0.2) is 0 Å². The average molecular weight is 478 g/mol. The number of nitrogens with zero attached hydrogens (tertiary/aromatic N) is 3. The van der Waals surface area contributed by atoms with Gasteiger partial charge in [0.1, 0.15) is 0 Å². The Morgan fingerprint density at radius 3 is 2.59 bits per heavy atom. The van der Waals surface area contributed by atoms with E-state index in [2.05, 4.69) is 20.9 Å². The van der Waals surface area contributed by atoms with E-state index in [0.29, 0.717) is 19.5 Å². The van der Waals surface area contributed by atoms with Gasteiger partial charge in [-0.3, -0.25) is 9.78 Å². The van der Waals surface area contributed by atoms with Gasteiger partial charge in [-0.2, -0.15) is 4.31 Å². The second kappa shape index (κ2) is 8.53. The van der Waals surface area contributed by atoms with Crippen LogP contribution in [0.1, 0.15) is 31.2 Å². The van der Waals surface area contributed by atoms with Gasteiger partial charge in [-0.15, -0.1) is 0 Å². The molecular formula is C21H24BrN3O3S. The van der Waals surface area contributed by atoms with Gasteiger partial charge in [-0.1, -0.05) is 22.0 Å². The Kier molecular flexibility index (Phi) is 6.03. The lowest BCUT2D eigenvalue weighted by Gasteiger charge is -2.34. The first kappa shape index (κ1) is 20.5. The van der Waals surface area contributed by atoms with E-state index < -0.39 is 10.0 Å². The van der Waals surface area contributed by atoms with E-state index >= 15 is 0 Å². The summed E-state index contributed by atoms with van der Waals surface area (Å²) >= 11 is 3.34. The molecule has 1 aromatic heterocycles. The van der Waals surface area contributed by atoms with E-state index in [1.165, 1.54) is 4.31 Å². The predicted octanol–water partition coefficient (Wildman–Crippen LogP) is 3.44. The molecule has 2 aromatic rings. The number of pyridine rings is 1. The number of carbonyl (C=O) groups is 1. The highest BCUT2D eigenvalue weighted by Crippen LogP contribution is 2.32. The summed E-state index contributed by atoms with van der Waals surface area (Å²) in [5.74, 6) is -0.238. The maximum absolute atomic E-state index is 13.3. The number of hydrogen-bond acceptors (Lipinski definition) is 4. The number of amides is 1. The Morgan fingerprint density at radius 2 is 1.93 bits per heavy atom. The summed E-state index contributed by atoms with van der Waals surface area (Å²) in [6.45, 7) is 1.23. The van der Waals surface area contributed by atoms with E-state index in [0.717, 1.165) is 29.3 Å². The number of rotatable bonds is 6. The van der Waals surface area contributed by atoms with Crippen LogP contribution >= 0.6 is 15.9 Å². The van der Waals surface area contributed by atoms with E-state index in [1.807, 2.05) is 17.0 Å². The lowest BCUT2D eigenvalue weighted by molar-refractivity contribution is -0.138. The molecule has 1 atom stereocenters. The number of piperidine rings is 1. The van der Waals surface area contributed by atoms with Crippen LogP contribution in [-0.4, -0.2) is 47.6 Å². The Labute approximate surface area is 180 Å². The molecule has 1 amide bonds. The molecule has 1 saturated carbocycles. The standard InChI is InChI=1S/C21H24BrN3O3S/c22-18-5-9-20(10-6-18)29(27,28)24-12-2-4-17(15-24)21(26)25(19-7-8-19)14-16-3-1-11-23-13-16/h1,3,5-6,9-11,13,17,19H,2,4,7-8,12,14-15H2. The monoisotopic (exact) mass is 477 g/mol. The Morgan fingerprint density at radius 1 is 1.17 bits per heavy atom. The highest BCUT2D eigenvalue weighted by molar-refractivity contribution is 9.10. The fourth-order valence-electron chi connectivity index (χ4n) is 3.81. The normalized spacial score (nSPS) is 20.4. The van der Waals surface area contributed by atoms with Gasteiger partial charge < -0.3 is 4.90 Å². The van der Waals surface area contributed by atoms with Crippen molar-refractivity contribution in [2.24, 2.45) is 5.92 Å². The highest BCUT2D eigenvalue weighted by atomic mass is 79.9. The van der Waals surface area contributed by atoms with Gasteiger partial charge in [0.2, 0.25) is 15.9 Å². The molecule has 1 unspecified atom stereocenters. The van der Waals surface area contributed by atoms with Crippen molar-refractivity contribution >= 4 is 31.9 Å². The van der Waals surface area contributed by atoms with Gasteiger partial charge in [-0.25, -0.2) is 8.42 Å². The van der Waals surface area contributed by atoms with Gasteiger partial charge in [0, 0.05) is 42.5 Å². The minimum absolute atomic E-state index is 0.0621. The first-order chi connectivity index (χ1) is 13.9. The van der Waals surface area contributed by atoms with E-state index in [4.69, 9.17) is 0 Å². The fourth-order valence-corrected chi connectivity index (χ4v) is 5.60. The van der Waals surface area contributed by atoms with Crippen LogP contribution in [0.4, 0.5) is 0 Å². The summed E-state index contributed by atoms with van der Waals surface area (Å²) in [5.41, 5.74) is 1.00. The van der Waals surface area contributed by atoms with Crippen molar-refractivity contribution in [3.05, 3.63) is 58.8 Å². The number of carbonyl (C=O) groups excluding carboxylic acids is 1. The number of hydrogen-bond donors (Lipinski definition) is 0. The number of benzene rings is 1. The lowest BCUT2D eigenvalue weighted by atomic mass is 9.97. The van der Waals surface area contributed by atoms with Crippen LogP contribution in [0.2, 0.25) is 0 Å². The molecule has 2 heterocycles. The fraction of sp³-hybridized carbons (Fsp3) is 0.429. The van der Waals surface area contributed by atoms with Crippen LogP contribution in [0.15, 0.2) is 58.2 Å². The SMILES string of the molecule is O=C(C1CCCN(S(=O)(=O)c2ccc(Br)cc2)C1)N(Cc1cccnc1)C1CC1. The topological polar surface area (TPSA) is 70.6 Å². The van der Waals surface area contributed by atoms with Crippen molar-refractivity contribution in [2.75, 3.05) is 13.1 Å². The third-order valence-electron chi connectivity index (χ3n) is 5.53. The molecule has 0 N–H and O–H groups in total. The molecular weight excluding hydrogens is 454 g/mol. The van der Waals surface area contributed by atoms with Crippen molar-refractivity contribution in [1.29, 1.82) is 0 Å². The largest absolute Gasteiger partial charge is 0.335 e. The summed E-state index contributed by atoms with van der Waals surface area (Å²) in [6, 6.07) is 10.8. The van der Waals surface area contributed by atoms with Crippen LogP contribution < -0.4 is 0 Å². The van der Waals surface area contributed by atoms with Crippen molar-refractivity contribution in [3.63, 3.8) is 0 Å². The summed E-state index contributed by atoms with van der Waals surface area (Å²) in [7, 11) is -3.60. The van der Waals surface area contributed by atoms with Crippen LogP contribution in [0.3, 0.4) is 0 Å². The van der Waals surface area contributed by atoms with Crippen LogP contribution in [0.25, 0.3) is 0 Å². The summed E-state index contributed by atoms with van der Waals surface area (Å²) in [6.07, 6.45) is 6.95. The molecule has 8 heteroatoms. The molecule has 6 nitrogen and oxygen atoms in total. The van der Waals surface area contributed by atoms with Crippen LogP contribution in [-0.2, 0) is 21.4 Å². The van der Waals surface area contributed by atoms with Crippen LogP contribution in [0, 0.1) is 5.92 Å².